The summed E-state index contributed by atoms with van der Waals surface area (Å²) in [4.78, 5) is 0. The van der Waals surface area contributed by atoms with Gasteiger partial charge in [-0.1, -0.05) is 51.8 Å². The highest BCUT2D eigenvalue weighted by Gasteiger charge is 2.10. The lowest BCUT2D eigenvalue weighted by atomic mass is 9.80. The molecule has 0 aliphatic heterocycles. The van der Waals surface area contributed by atoms with Crippen molar-refractivity contribution in [1.82, 2.24) is 0 Å². The first-order valence-corrected chi connectivity index (χ1v) is 6.16. The van der Waals surface area contributed by atoms with E-state index in [2.05, 4.69) is 15.9 Å². The minimum absolute atomic E-state index is 0.467. The van der Waals surface area contributed by atoms with Gasteiger partial charge in [0.2, 0.25) is 0 Å². The molecule has 2 aromatic rings. The maximum atomic E-state index is 9.00. The van der Waals surface area contributed by atoms with E-state index in [9.17, 15) is 0 Å². The van der Waals surface area contributed by atoms with Crippen LogP contribution in [0.3, 0.4) is 0 Å². The van der Waals surface area contributed by atoms with Gasteiger partial charge in [-0.3, -0.25) is 0 Å². The summed E-state index contributed by atoms with van der Waals surface area (Å²) < 4.78 is 0.909. The molecule has 0 aromatic heterocycles. The predicted octanol–water partition coefficient (Wildman–Crippen LogP) is 2.45. The van der Waals surface area contributed by atoms with Crippen molar-refractivity contribution in [2.45, 2.75) is 0 Å². The monoisotopic (exact) mass is 310 g/mol. The lowest BCUT2D eigenvalue weighted by Gasteiger charge is -2.05. The van der Waals surface area contributed by atoms with E-state index in [4.69, 9.17) is 21.6 Å². The highest BCUT2D eigenvalue weighted by atomic mass is 79.9. The number of hydrogen-bond donors (Lipinski definition) is 2. The van der Waals surface area contributed by atoms with E-state index >= 15 is 0 Å². The standard InChI is InChI=1S/C12H9BBrClO2/c14-11-5-9(6-12(15)7-11)8-1-3-10(4-2-8)13(16)17/h1-7,16-17H. The van der Waals surface area contributed by atoms with Gasteiger partial charge in [-0.15, -0.1) is 0 Å². The molecule has 0 heterocycles. The number of hydrogen-bond acceptors (Lipinski definition) is 2. The molecule has 0 radical (unpaired) electrons. The van der Waals surface area contributed by atoms with Crippen LogP contribution in [-0.2, 0) is 0 Å². The Morgan fingerprint density at radius 3 is 2.12 bits per heavy atom. The normalized spacial score (nSPS) is 10.4. The Morgan fingerprint density at radius 2 is 1.59 bits per heavy atom. The first kappa shape index (κ1) is 12.6. The van der Waals surface area contributed by atoms with Gasteiger partial charge < -0.3 is 10.0 Å². The quantitative estimate of drug-likeness (QED) is 0.837. The van der Waals surface area contributed by atoms with Crippen molar-refractivity contribution in [3.8, 4) is 11.1 Å². The molecule has 17 heavy (non-hydrogen) atoms. The number of halogens is 2. The molecule has 0 fully saturated rings. The summed E-state index contributed by atoms with van der Waals surface area (Å²) in [6, 6.07) is 12.6. The van der Waals surface area contributed by atoms with Crippen molar-refractivity contribution >= 4 is 40.1 Å². The largest absolute Gasteiger partial charge is 0.488 e. The van der Waals surface area contributed by atoms with Crippen LogP contribution < -0.4 is 5.46 Å². The van der Waals surface area contributed by atoms with Crippen LogP contribution in [-0.4, -0.2) is 17.2 Å². The van der Waals surface area contributed by atoms with Gasteiger partial charge >= 0.3 is 7.12 Å². The van der Waals surface area contributed by atoms with Crippen LogP contribution in [0.15, 0.2) is 46.9 Å². The van der Waals surface area contributed by atoms with Gasteiger partial charge in [-0.25, -0.2) is 0 Å². The molecule has 86 valence electrons. The molecule has 0 atom stereocenters. The molecule has 0 bridgehead atoms. The lowest BCUT2D eigenvalue weighted by molar-refractivity contribution is 0.426. The minimum Gasteiger partial charge on any atom is -0.423 e. The van der Waals surface area contributed by atoms with E-state index in [1.54, 1.807) is 12.1 Å². The summed E-state index contributed by atoms with van der Waals surface area (Å²) in [5, 5.41) is 18.7. The third-order valence-corrected chi connectivity index (χ3v) is 3.08. The van der Waals surface area contributed by atoms with Crippen molar-refractivity contribution in [2.75, 3.05) is 0 Å². The Bertz CT molecular complexity index is 508. The van der Waals surface area contributed by atoms with Crippen LogP contribution >= 0.6 is 27.5 Å². The van der Waals surface area contributed by atoms with Crippen molar-refractivity contribution in [3.05, 3.63) is 52.0 Å². The Kier molecular flexibility index (Phi) is 3.89. The topological polar surface area (TPSA) is 40.5 Å². The molecule has 0 aliphatic carbocycles. The summed E-state index contributed by atoms with van der Waals surface area (Å²) in [7, 11) is -1.44. The second kappa shape index (κ2) is 5.23. The Labute approximate surface area is 113 Å². The van der Waals surface area contributed by atoms with Gasteiger partial charge in [0, 0.05) is 9.50 Å². The van der Waals surface area contributed by atoms with Gasteiger partial charge in [0.25, 0.3) is 0 Å². The zero-order chi connectivity index (χ0) is 12.4. The lowest BCUT2D eigenvalue weighted by Crippen LogP contribution is -2.29. The predicted molar refractivity (Wildman–Crippen MR) is 74.4 cm³/mol. The minimum atomic E-state index is -1.44. The van der Waals surface area contributed by atoms with E-state index in [1.807, 2.05) is 30.3 Å². The molecule has 2 rings (SSSR count). The van der Waals surface area contributed by atoms with Crippen LogP contribution in [0, 0.1) is 0 Å². The molecule has 2 aromatic carbocycles. The average Bonchev–Trinajstić information content (AvgIpc) is 2.28. The van der Waals surface area contributed by atoms with Crippen molar-refractivity contribution in [2.24, 2.45) is 0 Å². The highest BCUT2D eigenvalue weighted by Crippen LogP contribution is 2.26. The number of rotatable bonds is 2. The molecule has 0 unspecified atom stereocenters. The van der Waals surface area contributed by atoms with Crippen molar-refractivity contribution < 1.29 is 10.0 Å². The van der Waals surface area contributed by atoms with Gasteiger partial charge in [0.15, 0.2) is 0 Å². The Balaban J connectivity index is 2.39. The second-order valence-corrected chi connectivity index (χ2v) is 5.01. The fraction of sp³-hybridized carbons (Fsp3) is 0. The highest BCUT2D eigenvalue weighted by molar-refractivity contribution is 9.10. The smallest absolute Gasteiger partial charge is 0.423 e. The van der Waals surface area contributed by atoms with E-state index in [1.165, 1.54) is 0 Å². The van der Waals surface area contributed by atoms with E-state index < -0.39 is 7.12 Å². The van der Waals surface area contributed by atoms with Crippen molar-refractivity contribution in [1.29, 1.82) is 0 Å². The molecule has 0 amide bonds. The SMILES string of the molecule is OB(O)c1ccc(-c2cc(Cl)cc(Br)c2)cc1. The van der Waals surface area contributed by atoms with Gasteiger partial charge in [-0.05, 0) is 34.8 Å². The summed E-state index contributed by atoms with van der Waals surface area (Å²) >= 11 is 9.36. The molecule has 2 nitrogen and oxygen atoms in total. The van der Waals surface area contributed by atoms with E-state index in [-0.39, 0.29) is 0 Å². The van der Waals surface area contributed by atoms with Gasteiger partial charge in [-0.2, -0.15) is 0 Å². The van der Waals surface area contributed by atoms with Gasteiger partial charge in [0.05, 0.1) is 0 Å². The van der Waals surface area contributed by atoms with Crippen LogP contribution in [0.1, 0.15) is 0 Å². The summed E-state index contributed by atoms with van der Waals surface area (Å²) in [6.45, 7) is 0. The summed E-state index contributed by atoms with van der Waals surface area (Å²) in [6.07, 6.45) is 0. The first-order chi connectivity index (χ1) is 8.06. The average molecular weight is 311 g/mol. The zero-order valence-corrected chi connectivity index (χ0v) is 11.1. The molecular weight excluding hydrogens is 302 g/mol. The van der Waals surface area contributed by atoms with E-state index in [0.717, 1.165) is 15.6 Å². The fourth-order valence-corrected chi connectivity index (χ4v) is 2.43. The Hall–Kier alpha value is -0.805. The third kappa shape index (κ3) is 3.10. The Morgan fingerprint density at radius 1 is 0.941 bits per heavy atom. The molecular formula is C12H9BBrClO2. The molecule has 0 saturated heterocycles. The summed E-state index contributed by atoms with van der Waals surface area (Å²) in [5.74, 6) is 0. The molecule has 0 saturated carbocycles. The van der Waals surface area contributed by atoms with Crippen LogP contribution in [0.4, 0.5) is 0 Å². The number of benzene rings is 2. The molecule has 0 spiro atoms. The van der Waals surface area contributed by atoms with Crippen molar-refractivity contribution in [3.63, 3.8) is 0 Å². The fourth-order valence-electron chi connectivity index (χ4n) is 1.57. The summed E-state index contributed by atoms with van der Waals surface area (Å²) in [5.41, 5.74) is 2.41. The second-order valence-electron chi connectivity index (χ2n) is 3.65. The third-order valence-electron chi connectivity index (χ3n) is 2.40. The molecule has 2 N–H and O–H groups in total. The van der Waals surface area contributed by atoms with E-state index in [0.29, 0.717) is 10.5 Å². The maximum Gasteiger partial charge on any atom is 0.488 e. The first-order valence-electron chi connectivity index (χ1n) is 4.99. The van der Waals surface area contributed by atoms with Crippen LogP contribution in [0.2, 0.25) is 5.02 Å². The zero-order valence-electron chi connectivity index (χ0n) is 8.77. The maximum absolute atomic E-state index is 9.00. The molecule has 0 aliphatic rings. The van der Waals surface area contributed by atoms with Crippen LogP contribution in [0.5, 0.6) is 0 Å². The molecule has 5 heteroatoms. The van der Waals surface area contributed by atoms with Crippen LogP contribution in [0.25, 0.3) is 11.1 Å². The van der Waals surface area contributed by atoms with Gasteiger partial charge in [0.1, 0.15) is 0 Å².